The number of amides is 2. The lowest BCUT2D eigenvalue weighted by molar-refractivity contribution is -0.137. The maximum Gasteiger partial charge on any atom is 0.253 e. The molecule has 5 rings (SSSR count). The SMILES string of the molecule is O=C(c1ccc(F)cc1)N1CCN2[C@H](C1)C(=O)N(Cc1ccccc1)C21CCOCC1. The fraction of sp³-hybridized carbons (Fsp3) is 0.417. The van der Waals surface area contributed by atoms with Gasteiger partial charge in [-0.3, -0.25) is 14.5 Å². The predicted molar refractivity (Wildman–Crippen MR) is 113 cm³/mol. The van der Waals surface area contributed by atoms with Gasteiger partial charge in [0.05, 0.1) is 13.2 Å². The normalized spacial score (nSPS) is 23.3. The van der Waals surface area contributed by atoms with Crippen LogP contribution in [-0.4, -0.2) is 71.1 Å². The Balaban J connectivity index is 1.41. The van der Waals surface area contributed by atoms with Gasteiger partial charge < -0.3 is 14.5 Å². The maximum absolute atomic E-state index is 13.6. The molecule has 3 fully saturated rings. The Morgan fingerprint density at radius 2 is 1.74 bits per heavy atom. The van der Waals surface area contributed by atoms with Gasteiger partial charge in [0, 0.05) is 44.6 Å². The summed E-state index contributed by atoms with van der Waals surface area (Å²) in [5.41, 5.74) is 1.18. The van der Waals surface area contributed by atoms with E-state index in [0.29, 0.717) is 45.0 Å². The van der Waals surface area contributed by atoms with Crippen molar-refractivity contribution < 1.29 is 18.7 Å². The molecule has 3 aliphatic rings. The summed E-state index contributed by atoms with van der Waals surface area (Å²) in [6, 6.07) is 15.3. The van der Waals surface area contributed by atoms with Gasteiger partial charge in [-0.1, -0.05) is 30.3 Å². The molecule has 2 amide bonds. The molecule has 0 radical (unpaired) electrons. The number of ether oxygens (including phenoxy) is 1. The van der Waals surface area contributed by atoms with Gasteiger partial charge in [-0.2, -0.15) is 0 Å². The molecule has 1 atom stereocenters. The number of carbonyl (C=O) groups is 2. The highest BCUT2D eigenvalue weighted by Crippen LogP contribution is 2.42. The van der Waals surface area contributed by atoms with E-state index in [1.165, 1.54) is 24.3 Å². The van der Waals surface area contributed by atoms with Crippen LogP contribution >= 0.6 is 0 Å². The molecule has 2 aromatic rings. The van der Waals surface area contributed by atoms with Crippen LogP contribution < -0.4 is 0 Å². The van der Waals surface area contributed by atoms with Crippen LogP contribution in [0.25, 0.3) is 0 Å². The number of fused-ring (bicyclic) bond motifs is 2. The summed E-state index contributed by atoms with van der Waals surface area (Å²) in [5.74, 6) is -0.456. The van der Waals surface area contributed by atoms with E-state index in [0.717, 1.165) is 18.4 Å². The smallest absolute Gasteiger partial charge is 0.253 e. The Bertz CT molecular complexity index is 960. The fourth-order valence-electron chi connectivity index (χ4n) is 5.24. The first kappa shape index (κ1) is 20.2. The molecule has 0 unspecified atom stereocenters. The van der Waals surface area contributed by atoms with Gasteiger partial charge in [-0.25, -0.2) is 4.39 Å². The first-order valence-electron chi connectivity index (χ1n) is 10.8. The largest absolute Gasteiger partial charge is 0.381 e. The van der Waals surface area contributed by atoms with E-state index in [4.69, 9.17) is 4.74 Å². The second-order valence-corrected chi connectivity index (χ2v) is 8.47. The first-order valence-corrected chi connectivity index (χ1v) is 10.8. The summed E-state index contributed by atoms with van der Waals surface area (Å²) in [6.07, 6.45) is 1.54. The van der Waals surface area contributed by atoms with Crippen molar-refractivity contribution >= 4 is 11.8 Å². The molecular formula is C24H26FN3O3. The second kappa shape index (κ2) is 8.05. The van der Waals surface area contributed by atoms with Crippen molar-refractivity contribution in [2.75, 3.05) is 32.8 Å². The number of rotatable bonds is 3. The molecule has 0 aliphatic carbocycles. The third-order valence-corrected chi connectivity index (χ3v) is 6.82. The number of benzene rings is 2. The Kier molecular flexibility index (Phi) is 5.24. The first-order chi connectivity index (χ1) is 15.1. The van der Waals surface area contributed by atoms with Gasteiger partial charge >= 0.3 is 0 Å². The molecule has 0 N–H and O–H groups in total. The number of carbonyl (C=O) groups excluding carboxylic acids is 2. The Labute approximate surface area is 181 Å². The van der Waals surface area contributed by atoms with Crippen LogP contribution in [0.5, 0.6) is 0 Å². The van der Waals surface area contributed by atoms with E-state index in [1.54, 1.807) is 4.90 Å². The van der Waals surface area contributed by atoms with Crippen LogP contribution in [0, 0.1) is 5.82 Å². The summed E-state index contributed by atoms with van der Waals surface area (Å²) in [5, 5.41) is 0. The van der Waals surface area contributed by atoms with Crippen LogP contribution in [0.2, 0.25) is 0 Å². The lowest BCUT2D eigenvalue weighted by Gasteiger charge is -2.49. The highest BCUT2D eigenvalue weighted by atomic mass is 19.1. The molecule has 162 valence electrons. The van der Waals surface area contributed by atoms with Crippen molar-refractivity contribution in [2.24, 2.45) is 0 Å². The predicted octanol–water partition coefficient (Wildman–Crippen LogP) is 2.50. The van der Waals surface area contributed by atoms with Crippen LogP contribution in [0.15, 0.2) is 54.6 Å². The van der Waals surface area contributed by atoms with Gasteiger partial charge in [-0.05, 0) is 29.8 Å². The second-order valence-electron chi connectivity index (χ2n) is 8.47. The van der Waals surface area contributed by atoms with Crippen LogP contribution in [0.1, 0.15) is 28.8 Å². The number of nitrogens with zero attached hydrogens (tertiary/aromatic N) is 3. The molecule has 0 bridgehead atoms. The summed E-state index contributed by atoms with van der Waals surface area (Å²) >= 11 is 0. The molecule has 7 heteroatoms. The zero-order valence-corrected chi connectivity index (χ0v) is 17.4. The number of hydrogen-bond donors (Lipinski definition) is 0. The highest BCUT2D eigenvalue weighted by Gasteiger charge is 2.58. The third-order valence-electron chi connectivity index (χ3n) is 6.82. The average molecular weight is 423 g/mol. The molecule has 0 saturated carbocycles. The minimum Gasteiger partial charge on any atom is -0.381 e. The Morgan fingerprint density at radius 1 is 1.03 bits per heavy atom. The van der Waals surface area contributed by atoms with Crippen molar-refractivity contribution in [3.05, 3.63) is 71.5 Å². The molecule has 3 heterocycles. The molecule has 1 spiro atoms. The zero-order valence-electron chi connectivity index (χ0n) is 17.4. The van der Waals surface area contributed by atoms with Gasteiger partial charge in [-0.15, -0.1) is 0 Å². The van der Waals surface area contributed by atoms with Crippen LogP contribution in [0.3, 0.4) is 0 Å². The monoisotopic (exact) mass is 423 g/mol. The zero-order chi connectivity index (χ0) is 21.4. The summed E-state index contributed by atoms with van der Waals surface area (Å²) in [7, 11) is 0. The topological polar surface area (TPSA) is 53.1 Å². The highest BCUT2D eigenvalue weighted by molar-refractivity contribution is 5.95. The maximum atomic E-state index is 13.6. The molecule has 2 aromatic carbocycles. The molecule has 3 aliphatic heterocycles. The fourth-order valence-corrected chi connectivity index (χ4v) is 5.24. The van der Waals surface area contributed by atoms with Gasteiger partial charge in [0.2, 0.25) is 5.91 Å². The summed E-state index contributed by atoms with van der Waals surface area (Å²) < 4.78 is 18.9. The van der Waals surface area contributed by atoms with Crippen molar-refractivity contribution in [3.63, 3.8) is 0 Å². The van der Waals surface area contributed by atoms with E-state index in [1.807, 2.05) is 35.2 Å². The third kappa shape index (κ3) is 3.51. The average Bonchev–Trinajstić information content (AvgIpc) is 3.02. The minimum absolute atomic E-state index is 0.0716. The lowest BCUT2D eigenvalue weighted by atomic mass is 9.96. The molecular weight excluding hydrogens is 397 g/mol. The molecule has 6 nitrogen and oxygen atoms in total. The van der Waals surface area contributed by atoms with E-state index < -0.39 is 0 Å². The van der Waals surface area contributed by atoms with E-state index in [-0.39, 0.29) is 29.3 Å². The van der Waals surface area contributed by atoms with Crippen molar-refractivity contribution in [2.45, 2.75) is 31.1 Å². The number of piperazine rings is 1. The van der Waals surface area contributed by atoms with E-state index >= 15 is 0 Å². The minimum atomic E-state index is -0.370. The van der Waals surface area contributed by atoms with Crippen molar-refractivity contribution in [3.8, 4) is 0 Å². The Hall–Kier alpha value is -2.77. The quantitative estimate of drug-likeness (QED) is 0.761. The van der Waals surface area contributed by atoms with Crippen molar-refractivity contribution in [1.82, 2.24) is 14.7 Å². The standard InChI is InChI=1S/C24H26FN3O3/c25-20-8-6-19(7-9-20)22(29)26-12-13-27-21(17-26)23(30)28(16-18-4-2-1-3-5-18)24(27)10-14-31-15-11-24/h1-9,21H,10-17H2/t21-/m1/s1. The van der Waals surface area contributed by atoms with E-state index in [9.17, 15) is 14.0 Å². The van der Waals surface area contributed by atoms with Crippen LogP contribution in [0.4, 0.5) is 4.39 Å². The lowest BCUT2D eigenvalue weighted by Crippen LogP contribution is -2.62. The number of halogens is 1. The van der Waals surface area contributed by atoms with Gasteiger partial charge in [0.15, 0.2) is 0 Å². The molecule has 0 aromatic heterocycles. The summed E-state index contributed by atoms with van der Waals surface area (Å²) in [6.45, 7) is 3.33. The number of hydrogen-bond acceptors (Lipinski definition) is 4. The molecule has 3 saturated heterocycles. The summed E-state index contributed by atoms with van der Waals surface area (Å²) in [4.78, 5) is 32.7. The van der Waals surface area contributed by atoms with Gasteiger partial charge in [0.25, 0.3) is 5.91 Å². The Morgan fingerprint density at radius 3 is 2.45 bits per heavy atom. The van der Waals surface area contributed by atoms with E-state index in [2.05, 4.69) is 4.90 Å². The van der Waals surface area contributed by atoms with Gasteiger partial charge in [0.1, 0.15) is 17.5 Å². The van der Waals surface area contributed by atoms with Crippen LogP contribution in [-0.2, 0) is 16.1 Å². The molecule has 31 heavy (non-hydrogen) atoms. The van der Waals surface area contributed by atoms with Crippen molar-refractivity contribution in [1.29, 1.82) is 0 Å².